The predicted octanol–water partition coefficient (Wildman–Crippen LogP) is 4.06. The lowest BCUT2D eigenvalue weighted by Gasteiger charge is -2.27. The van der Waals surface area contributed by atoms with Gasteiger partial charge in [0.1, 0.15) is 18.2 Å². The number of oxazole rings is 1. The molecule has 37 heavy (non-hydrogen) atoms. The van der Waals surface area contributed by atoms with Gasteiger partial charge in [-0.3, -0.25) is 4.79 Å². The zero-order valence-corrected chi connectivity index (χ0v) is 20.0. The molecule has 0 atom stereocenters. The van der Waals surface area contributed by atoms with Crippen molar-refractivity contribution in [3.63, 3.8) is 0 Å². The molecule has 0 bridgehead atoms. The molecule has 2 saturated carbocycles. The first-order valence-electron chi connectivity index (χ1n) is 12.3. The summed E-state index contributed by atoms with van der Waals surface area (Å²) >= 11 is 0. The van der Waals surface area contributed by atoms with Crippen molar-refractivity contribution in [1.29, 1.82) is 0 Å². The second-order valence-electron chi connectivity index (χ2n) is 10.6. The lowest BCUT2D eigenvalue weighted by atomic mass is 9.92. The third-order valence-corrected chi connectivity index (χ3v) is 7.78. The zero-order chi connectivity index (χ0) is 25.6. The minimum Gasteiger partial charge on any atom is -0.430 e. The van der Waals surface area contributed by atoms with Crippen molar-refractivity contribution in [2.45, 2.75) is 62.7 Å². The molecule has 3 aliphatic rings. The summed E-state index contributed by atoms with van der Waals surface area (Å²) in [6.07, 6.45) is 3.01. The fourth-order valence-corrected chi connectivity index (χ4v) is 5.26. The monoisotopic (exact) mass is 511 g/mol. The molecule has 2 N–H and O–H groups in total. The molecule has 4 heterocycles. The van der Waals surface area contributed by atoms with Crippen LogP contribution < -0.4 is 16.2 Å². The van der Waals surface area contributed by atoms with Crippen LogP contribution in [-0.4, -0.2) is 37.0 Å². The maximum absolute atomic E-state index is 13.4. The van der Waals surface area contributed by atoms with Crippen molar-refractivity contribution in [2.24, 2.45) is 0 Å². The quantitative estimate of drug-likeness (QED) is 0.417. The van der Waals surface area contributed by atoms with Gasteiger partial charge in [-0.15, -0.1) is 0 Å². The number of benzene rings is 1. The van der Waals surface area contributed by atoms with E-state index in [4.69, 9.17) is 4.42 Å². The first kappa shape index (κ1) is 22.5. The van der Waals surface area contributed by atoms with Crippen LogP contribution >= 0.6 is 0 Å². The van der Waals surface area contributed by atoms with Crippen molar-refractivity contribution in [2.75, 3.05) is 11.9 Å². The zero-order valence-electron chi connectivity index (χ0n) is 20.0. The average molecular weight is 512 g/mol. The molecule has 2 aliphatic carbocycles. The third-order valence-electron chi connectivity index (χ3n) is 7.78. The summed E-state index contributed by atoms with van der Waals surface area (Å²) in [5, 5.41) is 6.69. The van der Waals surface area contributed by atoms with Crippen LogP contribution in [0.15, 0.2) is 39.9 Å². The summed E-state index contributed by atoms with van der Waals surface area (Å²) in [6, 6.07) is 5.96. The number of alkyl halides is 3. The van der Waals surface area contributed by atoms with Gasteiger partial charge in [-0.1, -0.05) is 13.0 Å². The van der Waals surface area contributed by atoms with Crippen LogP contribution in [0, 0.1) is 0 Å². The highest BCUT2D eigenvalue weighted by molar-refractivity contribution is 5.76. The fraction of sp³-hybridized carbons (Fsp3) is 0.440. The number of hydrogen-bond acceptors (Lipinski definition) is 7. The Morgan fingerprint density at radius 1 is 1.19 bits per heavy atom. The largest absolute Gasteiger partial charge is 0.430 e. The molecule has 4 aromatic rings. The number of aromatic nitrogens is 5. The Morgan fingerprint density at radius 3 is 2.73 bits per heavy atom. The highest BCUT2D eigenvalue weighted by Gasteiger charge is 2.46. The summed E-state index contributed by atoms with van der Waals surface area (Å²) in [6.45, 7) is 1.41. The summed E-state index contributed by atoms with van der Waals surface area (Å²) in [5.41, 5.74) is 3.01. The molecule has 2 fully saturated rings. The molecule has 1 aliphatic heterocycles. The standard InChI is InChI=1S/C25H24F3N7O2/c1-23(5-6-23)18-12-37-22(32-18)35-19-16(20(36)34(35)13-25(26,27)28)11-29-21(33-19)31-15-2-3-17-14(10-15)4-9-30-24(17)7-8-24/h2-3,10-12,30H,4-9,13H2,1H3,(H,29,31,33). The number of nitrogens with zero attached hydrogens (tertiary/aromatic N) is 5. The van der Waals surface area contributed by atoms with Crippen molar-refractivity contribution in [1.82, 2.24) is 29.6 Å². The Hall–Kier alpha value is -3.67. The summed E-state index contributed by atoms with van der Waals surface area (Å²) in [4.78, 5) is 26.1. The first-order chi connectivity index (χ1) is 17.6. The molecule has 0 saturated heterocycles. The van der Waals surface area contributed by atoms with Gasteiger partial charge in [0.25, 0.3) is 5.56 Å². The van der Waals surface area contributed by atoms with Crippen LogP contribution in [-0.2, 0) is 23.9 Å². The Bertz CT molecular complexity index is 1610. The minimum absolute atomic E-state index is 0.0137. The SMILES string of the molecule is CC1(c2coc(-n3c4nc(Nc5ccc6c(c5)CCNC65CC5)ncc4c(=O)n3CC(F)(F)F)n2)CC1. The van der Waals surface area contributed by atoms with Crippen molar-refractivity contribution in [3.05, 3.63) is 57.8 Å². The van der Waals surface area contributed by atoms with E-state index < -0.39 is 18.3 Å². The number of rotatable bonds is 5. The van der Waals surface area contributed by atoms with Gasteiger partial charge in [0.2, 0.25) is 5.95 Å². The fourth-order valence-electron chi connectivity index (χ4n) is 5.26. The van der Waals surface area contributed by atoms with Crippen molar-refractivity contribution < 1.29 is 17.6 Å². The topological polar surface area (TPSA) is 103 Å². The number of hydrogen-bond donors (Lipinski definition) is 2. The van der Waals surface area contributed by atoms with E-state index in [0.717, 1.165) is 49.0 Å². The van der Waals surface area contributed by atoms with Crippen LogP contribution in [0.4, 0.5) is 24.8 Å². The van der Waals surface area contributed by atoms with Crippen LogP contribution in [0.2, 0.25) is 0 Å². The summed E-state index contributed by atoms with van der Waals surface area (Å²) in [5.74, 6) is 0.154. The number of anilines is 2. The maximum Gasteiger partial charge on any atom is 0.408 e. The normalized spacial score (nSPS) is 19.2. The van der Waals surface area contributed by atoms with E-state index in [-0.39, 0.29) is 34.0 Å². The van der Waals surface area contributed by atoms with Crippen LogP contribution in [0.25, 0.3) is 17.0 Å². The maximum atomic E-state index is 13.4. The number of halogens is 3. The van der Waals surface area contributed by atoms with Crippen LogP contribution in [0.3, 0.4) is 0 Å². The molecule has 1 spiro atoms. The second kappa shape index (κ2) is 7.44. The minimum atomic E-state index is -4.64. The smallest absolute Gasteiger partial charge is 0.408 e. The van der Waals surface area contributed by atoms with E-state index in [2.05, 4.69) is 37.7 Å². The van der Waals surface area contributed by atoms with Gasteiger partial charge in [-0.05, 0) is 55.4 Å². The molecule has 9 nitrogen and oxygen atoms in total. The van der Waals surface area contributed by atoms with Gasteiger partial charge >= 0.3 is 12.2 Å². The molecule has 1 aromatic carbocycles. The Labute approximate surface area is 208 Å². The number of nitrogens with one attached hydrogen (secondary N) is 2. The van der Waals surface area contributed by atoms with Gasteiger partial charge in [0, 0.05) is 29.4 Å². The molecule has 192 valence electrons. The first-order valence-corrected chi connectivity index (χ1v) is 12.3. The Kier molecular flexibility index (Phi) is 4.53. The predicted molar refractivity (Wildman–Crippen MR) is 128 cm³/mol. The molecular formula is C25H24F3N7O2. The number of fused-ring (bicyclic) bond motifs is 3. The van der Waals surface area contributed by atoms with Gasteiger partial charge in [-0.2, -0.15) is 27.8 Å². The Balaban J connectivity index is 1.30. The molecule has 0 radical (unpaired) electrons. The molecule has 12 heteroatoms. The van der Waals surface area contributed by atoms with Crippen molar-refractivity contribution in [3.8, 4) is 6.01 Å². The lowest BCUT2D eigenvalue weighted by Crippen LogP contribution is -2.36. The Morgan fingerprint density at radius 2 is 2.00 bits per heavy atom. The van der Waals surface area contributed by atoms with E-state index in [1.165, 1.54) is 23.6 Å². The third kappa shape index (κ3) is 3.73. The van der Waals surface area contributed by atoms with Gasteiger partial charge < -0.3 is 15.1 Å². The van der Waals surface area contributed by atoms with E-state index in [0.29, 0.717) is 10.4 Å². The van der Waals surface area contributed by atoms with Gasteiger partial charge in [0.15, 0.2) is 5.65 Å². The van der Waals surface area contributed by atoms with E-state index in [1.807, 2.05) is 13.0 Å². The highest BCUT2D eigenvalue weighted by Crippen LogP contribution is 2.49. The second-order valence-corrected chi connectivity index (χ2v) is 10.6. The molecule has 0 amide bonds. The lowest BCUT2D eigenvalue weighted by molar-refractivity contribution is -0.144. The van der Waals surface area contributed by atoms with E-state index in [9.17, 15) is 18.0 Å². The molecule has 3 aromatic heterocycles. The molecule has 7 rings (SSSR count). The van der Waals surface area contributed by atoms with Gasteiger partial charge in [-0.25, -0.2) is 9.67 Å². The highest BCUT2D eigenvalue weighted by atomic mass is 19.4. The summed E-state index contributed by atoms with van der Waals surface area (Å²) < 4.78 is 47.4. The van der Waals surface area contributed by atoms with E-state index >= 15 is 0 Å². The van der Waals surface area contributed by atoms with Gasteiger partial charge in [0.05, 0.1) is 5.69 Å². The molecule has 0 unspecified atom stereocenters. The van der Waals surface area contributed by atoms with Crippen molar-refractivity contribution >= 4 is 22.7 Å². The van der Waals surface area contributed by atoms with Crippen LogP contribution in [0.1, 0.15) is 49.4 Å². The summed E-state index contributed by atoms with van der Waals surface area (Å²) in [7, 11) is 0. The van der Waals surface area contributed by atoms with E-state index in [1.54, 1.807) is 0 Å². The molecular weight excluding hydrogens is 487 g/mol. The average Bonchev–Trinajstić information content (AvgIpc) is 3.71. The van der Waals surface area contributed by atoms with Crippen LogP contribution in [0.5, 0.6) is 0 Å².